The van der Waals surface area contributed by atoms with E-state index in [0.29, 0.717) is 40.6 Å². The Labute approximate surface area is 191 Å². The quantitative estimate of drug-likeness (QED) is 0.679. The van der Waals surface area contributed by atoms with Gasteiger partial charge in [-0.1, -0.05) is 17.7 Å². The fourth-order valence-corrected chi connectivity index (χ4v) is 5.20. The van der Waals surface area contributed by atoms with E-state index in [1.807, 2.05) is 10.3 Å². The standard InChI is InChI=1S/C21H18ClFN4O4S/c1-2-30-19(28)15-14-8-21(10-31-20(29)26-21)9-27(14)17(18-24-5-6-32-18)25-16(15)12-4-3-11(23)7-13(12)22/h3-7,16H,2,8-10H2,1H3,(H,26,29)/t16-,21+/m0/s1. The lowest BCUT2D eigenvalue weighted by Crippen LogP contribution is -2.47. The molecule has 2 atom stereocenters. The second-order valence-electron chi connectivity index (χ2n) is 7.68. The second kappa shape index (κ2) is 7.86. The molecule has 5 rings (SSSR count). The van der Waals surface area contributed by atoms with Crippen LogP contribution in [0.2, 0.25) is 5.02 Å². The molecule has 0 radical (unpaired) electrons. The summed E-state index contributed by atoms with van der Waals surface area (Å²) in [4.78, 5) is 36.1. The molecule has 0 saturated carbocycles. The van der Waals surface area contributed by atoms with Crippen LogP contribution >= 0.6 is 22.9 Å². The molecule has 32 heavy (non-hydrogen) atoms. The van der Waals surface area contributed by atoms with Gasteiger partial charge in [0, 0.05) is 34.3 Å². The first-order valence-electron chi connectivity index (χ1n) is 9.96. The molecule has 8 nitrogen and oxygen atoms in total. The van der Waals surface area contributed by atoms with Gasteiger partial charge >= 0.3 is 12.1 Å². The third-order valence-electron chi connectivity index (χ3n) is 5.61. The number of amides is 1. The van der Waals surface area contributed by atoms with Crippen molar-refractivity contribution in [1.29, 1.82) is 0 Å². The molecule has 1 N–H and O–H groups in total. The molecule has 0 aliphatic carbocycles. The SMILES string of the molecule is CCOC(=O)C1=C2C[C@]3(COC(=O)N3)CN2C(c2nccs2)=N[C@H]1c1ccc(F)cc1Cl. The van der Waals surface area contributed by atoms with Crippen molar-refractivity contribution in [1.82, 2.24) is 15.2 Å². The first-order valence-corrected chi connectivity index (χ1v) is 11.2. The van der Waals surface area contributed by atoms with Crippen LogP contribution < -0.4 is 5.32 Å². The molecule has 1 aromatic heterocycles. The minimum atomic E-state index is -0.819. The van der Waals surface area contributed by atoms with Crippen molar-refractivity contribution in [3.05, 3.63) is 62.5 Å². The Morgan fingerprint density at radius 1 is 1.50 bits per heavy atom. The van der Waals surface area contributed by atoms with Crippen LogP contribution in [0.4, 0.5) is 9.18 Å². The van der Waals surface area contributed by atoms with E-state index >= 15 is 0 Å². The summed E-state index contributed by atoms with van der Waals surface area (Å²) >= 11 is 7.78. The summed E-state index contributed by atoms with van der Waals surface area (Å²) in [5.74, 6) is -0.482. The molecule has 2 saturated heterocycles. The van der Waals surface area contributed by atoms with Crippen LogP contribution in [0.5, 0.6) is 0 Å². The zero-order valence-corrected chi connectivity index (χ0v) is 18.5. The lowest BCUT2D eigenvalue weighted by molar-refractivity contribution is -0.139. The normalized spacial score (nSPS) is 24.3. The summed E-state index contributed by atoms with van der Waals surface area (Å²) in [6, 6.07) is 3.17. The fraction of sp³-hybridized carbons (Fsp3) is 0.333. The van der Waals surface area contributed by atoms with Crippen molar-refractivity contribution in [2.24, 2.45) is 4.99 Å². The average molecular weight is 477 g/mol. The van der Waals surface area contributed by atoms with Crippen LogP contribution in [0.25, 0.3) is 0 Å². The fourth-order valence-electron chi connectivity index (χ4n) is 4.29. The summed E-state index contributed by atoms with van der Waals surface area (Å²) < 4.78 is 24.3. The Kier molecular flexibility index (Phi) is 5.13. The van der Waals surface area contributed by atoms with Gasteiger partial charge in [0.05, 0.1) is 18.7 Å². The molecule has 166 valence electrons. The number of halogens is 2. The molecule has 0 bridgehead atoms. The van der Waals surface area contributed by atoms with Gasteiger partial charge in [-0.05, 0) is 19.1 Å². The van der Waals surface area contributed by atoms with Gasteiger partial charge in [-0.3, -0.25) is 4.99 Å². The number of alkyl carbamates (subject to hydrolysis) is 1. The highest BCUT2D eigenvalue weighted by molar-refractivity contribution is 7.11. The van der Waals surface area contributed by atoms with Crippen molar-refractivity contribution in [2.75, 3.05) is 19.8 Å². The van der Waals surface area contributed by atoms with Crippen molar-refractivity contribution in [2.45, 2.75) is 24.9 Å². The van der Waals surface area contributed by atoms with Crippen molar-refractivity contribution in [3.63, 3.8) is 0 Å². The lowest BCUT2D eigenvalue weighted by atomic mass is 9.92. The third kappa shape index (κ3) is 3.43. The molecule has 1 aromatic carbocycles. The Hall–Kier alpha value is -2.98. The Morgan fingerprint density at radius 3 is 3.00 bits per heavy atom. The van der Waals surface area contributed by atoms with Crippen molar-refractivity contribution in [3.8, 4) is 0 Å². The Morgan fingerprint density at radius 2 is 2.34 bits per heavy atom. The van der Waals surface area contributed by atoms with Gasteiger partial charge in [0.15, 0.2) is 10.8 Å². The molecule has 2 fully saturated rings. The van der Waals surface area contributed by atoms with E-state index in [4.69, 9.17) is 26.1 Å². The maximum absolute atomic E-state index is 13.7. The number of benzene rings is 1. The highest BCUT2D eigenvalue weighted by Crippen LogP contribution is 2.45. The number of carbonyl (C=O) groups is 2. The second-order valence-corrected chi connectivity index (χ2v) is 8.99. The summed E-state index contributed by atoms with van der Waals surface area (Å²) in [6.45, 7) is 2.41. The number of hydrogen-bond donors (Lipinski definition) is 1. The van der Waals surface area contributed by atoms with Crippen LogP contribution in [0, 0.1) is 5.82 Å². The number of aromatic nitrogens is 1. The van der Waals surface area contributed by atoms with Crippen LogP contribution in [0.15, 0.2) is 46.0 Å². The number of esters is 1. The van der Waals surface area contributed by atoms with E-state index in [0.717, 1.165) is 0 Å². The van der Waals surface area contributed by atoms with Crippen molar-refractivity contribution >= 4 is 40.8 Å². The maximum Gasteiger partial charge on any atom is 0.407 e. The van der Waals surface area contributed by atoms with E-state index in [1.165, 1.54) is 29.5 Å². The predicted molar refractivity (Wildman–Crippen MR) is 115 cm³/mol. The number of cyclic esters (lactones) is 1. The number of carbonyl (C=O) groups excluding carboxylic acids is 2. The summed E-state index contributed by atoms with van der Waals surface area (Å²) in [6.07, 6.45) is 1.50. The smallest absolute Gasteiger partial charge is 0.407 e. The van der Waals surface area contributed by atoms with E-state index < -0.39 is 29.5 Å². The van der Waals surface area contributed by atoms with Crippen LogP contribution in [0.1, 0.15) is 30.0 Å². The van der Waals surface area contributed by atoms with E-state index in [2.05, 4.69) is 10.3 Å². The van der Waals surface area contributed by atoms with E-state index in [-0.39, 0.29) is 18.2 Å². The van der Waals surface area contributed by atoms with Gasteiger partial charge in [-0.25, -0.2) is 19.0 Å². The monoisotopic (exact) mass is 476 g/mol. The first kappa shape index (κ1) is 20.9. The van der Waals surface area contributed by atoms with Gasteiger partial charge in [0.1, 0.15) is 24.0 Å². The predicted octanol–water partition coefficient (Wildman–Crippen LogP) is 3.44. The maximum atomic E-state index is 13.7. The molecule has 1 spiro atoms. The zero-order chi connectivity index (χ0) is 22.5. The summed E-state index contributed by atoms with van der Waals surface area (Å²) in [7, 11) is 0. The Balaban J connectivity index is 1.70. The average Bonchev–Trinajstić information content (AvgIpc) is 3.47. The van der Waals surface area contributed by atoms with Gasteiger partial charge in [0.2, 0.25) is 0 Å². The number of rotatable bonds is 4. The number of amidine groups is 1. The molecule has 3 aliphatic rings. The molecule has 1 amide bonds. The van der Waals surface area contributed by atoms with Gasteiger partial charge in [-0.15, -0.1) is 11.3 Å². The summed E-state index contributed by atoms with van der Waals surface area (Å²) in [5.41, 5.74) is 0.729. The molecule has 2 aromatic rings. The number of nitrogens with zero attached hydrogens (tertiary/aromatic N) is 3. The highest BCUT2D eigenvalue weighted by atomic mass is 35.5. The number of nitrogens with one attached hydrogen (secondary N) is 1. The molecular weight excluding hydrogens is 459 g/mol. The molecule has 0 unspecified atom stereocenters. The van der Waals surface area contributed by atoms with Crippen molar-refractivity contribution < 1.29 is 23.5 Å². The first-order chi connectivity index (χ1) is 15.4. The molecule has 11 heteroatoms. The zero-order valence-electron chi connectivity index (χ0n) is 16.9. The largest absolute Gasteiger partial charge is 0.463 e. The van der Waals surface area contributed by atoms with Crippen LogP contribution in [-0.4, -0.2) is 53.1 Å². The number of hydrogen-bond acceptors (Lipinski definition) is 8. The van der Waals surface area contributed by atoms with Gasteiger partial charge in [0.25, 0.3) is 0 Å². The molecular formula is C21H18ClFN4O4S. The van der Waals surface area contributed by atoms with Crippen LogP contribution in [0.3, 0.4) is 0 Å². The van der Waals surface area contributed by atoms with E-state index in [1.54, 1.807) is 13.1 Å². The number of fused-ring (bicyclic) bond motifs is 1. The van der Waals surface area contributed by atoms with E-state index in [9.17, 15) is 14.0 Å². The summed E-state index contributed by atoms with van der Waals surface area (Å²) in [5, 5.41) is 5.51. The van der Waals surface area contributed by atoms with Gasteiger partial charge in [-0.2, -0.15) is 0 Å². The minimum absolute atomic E-state index is 0.151. The number of ether oxygens (including phenoxy) is 2. The molecule has 4 heterocycles. The van der Waals surface area contributed by atoms with Crippen LogP contribution in [-0.2, 0) is 14.3 Å². The molecule has 3 aliphatic heterocycles. The van der Waals surface area contributed by atoms with Gasteiger partial charge < -0.3 is 19.7 Å². The topological polar surface area (TPSA) is 93.1 Å². The highest BCUT2D eigenvalue weighted by Gasteiger charge is 2.52. The number of thiazole rings is 1. The third-order valence-corrected chi connectivity index (χ3v) is 6.70. The Bertz CT molecular complexity index is 1170. The lowest BCUT2D eigenvalue weighted by Gasteiger charge is -2.31. The number of aliphatic imine (C=N–C) groups is 1. The minimum Gasteiger partial charge on any atom is -0.463 e.